The van der Waals surface area contributed by atoms with E-state index in [-0.39, 0.29) is 5.92 Å². The van der Waals surface area contributed by atoms with Gasteiger partial charge in [-0.2, -0.15) is 0 Å². The van der Waals surface area contributed by atoms with E-state index in [1.165, 1.54) is 0 Å². The lowest BCUT2D eigenvalue weighted by Crippen LogP contribution is -2.42. The summed E-state index contributed by atoms with van der Waals surface area (Å²) >= 11 is 0. The first kappa shape index (κ1) is 14.4. The second-order valence-corrected chi connectivity index (χ2v) is 6.51. The largest absolute Gasteiger partial charge is 0.355 e. The van der Waals surface area contributed by atoms with Gasteiger partial charge in [-0.25, -0.2) is 4.98 Å². The molecule has 0 N–H and O–H groups in total. The van der Waals surface area contributed by atoms with Crippen LogP contribution in [0.15, 0.2) is 30.5 Å². The first-order valence-electron chi connectivity index (χ1n) is 8.57. The minimum absolute atomic E-state index is 0.192. The third-order valence-corrected chi connectivity index (χ3v) is 5.02. The van der Waals surface area contributed by atoms with Crippen molar-refractivity contribution in [1.29, 1.82) is 0 Å². The van der Waals surface area contributed by atoms with Crippen molar-refractivity contribution in [3.8, 4) is 0 Å². The van der Waals surface area contributed by atoms with Gasteiger partial charge in [-0.15, -0.1) is 0 Å². The molecule has 0 atom stereocenters. The zero-order chi connectivity index (χ0) is 15.6. The molecule has 1 amide bonds. The Morgan fingerprint density at radius 1 is 1.00 bits per heavy atom. The molecule has 2 fully saturated rings. The van der Waals surface area contributed by atoms with Crippen LogP contribution >= 0.6 is 0 Å². The number of hydrogen-bond acceptors (Lipinski definition) is 4. The first-order chi connectivity index (χ1) is 11.3. The highest BCUT2D eigenvalue weighted by molar-refractivity contribution is 5.79. The van der Waals surface area contributed by atoms with Crippen molar-refractivity contribution in [3.63, 3.8) is 0 Å². The fourth-order valence-corrected chi connectivity index (χ4v) is 3.65. The van der Waals surface area contributed by atoms with Crippen LogP contribution in [0.5, 0.6) is 0 Å². The Balaban J connectivity index is 1.43. The summed E-state index contributed by atoms with van der Waals surface area (Å²) in [6.07, 6.45) is 6.02. The Morgan fingerprint density at radius 2 is 1.70 bits per heavy atom. The number of piperidine rings is 1. The predicted molar refractivity (Wildman–Crippen MR) is 90.3 cm³/mol. The number of carbonyl (C=O) groups is 1. The maximum Gasteiger partial charge on any atom is 0.225 e. The molecule has 1 aromatic carbocycles. The molecule has 0 bridgehead atoms. The van der Waals surface area contributed by atoms with Crippen LogP contribution < -0.4 is 4.90 Å². The Hall–Kier alpha value is -2.17. The van der Waals surface area contributed by atoms with Crippen molar-refractivity contribution in [2.75, 3.05) is 31.1 Å². The highest BCUT2D eigenvalue weighted by atomic mass is 16.2. The summed E-state index contributed by atoms with van der Waals surface area (Å²) in [4.78, 5) is 26.0. The van der Waals surface area contributed by atoms with Crippen molar-refractivity contribution in [1.82, 2.24) is 14.9 Å². The predicted octanol–water partition coefficient (Wildman–Crippen LogP) is 2.47. The monoisotopic (exact) mass is 310 g/mol. The van der Waals surface area contributed by atoms with Crippen molar-refractivity contribution >= 4 is 22.8 Å². The van der Waals surface area contributed by atoms with E-state index in [4.69, 9.17) is 4.98 Å². The summed E-state index contributed by atoms with van der Waals surface area (Å²) in [6.45, 7) is 3.68. The lowest BCUT2D eigenvalue weighted by atomic mass is 9.95. The van der Waals surface area contributed by atoms with E-state index in [9.17, 15) is 4.79 Å². The molecule has 4 rings (SSSR count). The Morgan fingerprint density at radius 3 is 2.43 bits per heavy atom. The lowest BCUT2D eigenvalue weighted by Gasteiger charge is -2.33. The maximum atomic E-state index is 12.5. The summed E-state index contributed by atoms with van der Waals surface area (Å²) in [7, 11) is 0. The summed E-state index contributed by atoms with van der Waals surface area (Å²) in [5, 5.41) is 0. The van der Waals surface area contributed by atoms with Gasteiger partial charge in [0, 0.05) is 32.1 Å². The van der Waals surface area contributed by atoms with Crippen molar-refractivity contribution in [2.24, 2.45) is 5.92 Å². The molecular weight excluding hydrogens is 288 g/mol. The highest BCUT2D eigenvalue weighted by Gasteiger charge is 2.30. The van der Waals surface area contributed by atoms with Gasteiger partial charge in [0.2, 0.25) is 5.91 Å². The van der Waals surface area contributed by atoms with E-state index >= 15 is 0 Å². The summed E-state index contributed by atoms with van der Waals surface area (Å²) < 4.78 is 0. The second-order valence-electron chi connectivity index (χ2n) is 6.51. The molecule has 120 valence electrons. The Kier molecular flexibility index (Phi) is 3.85. The van der Waals surface area contributed by atoms with Gasteiger partial charge in [0.15, 0.2) is 0 Å². The molecule has 5 nitrogen and oxygen atoms in total. The van der Waals surface area contributed by atoms with Crippen LogP contribution in [-0.4, -0.2) is 47.0 Å². The van der Waals surface area contributed by atoms with Gasteiger partial charge < -0.3 is 9.80 Å². The Bertz CT molecular complexity index is 703. The third kappa shape index (κ3) is 2.87. The molecule has 0 aliphatic carbocycles. The minimum Gasteiger partial charge on any atom is -0.355 e. The van der Waals surface area contributed by atoms with E-state index in [2.05, 4.69) is 14.8 Å². The van der Waals surface area contributed by atoms with Crippen LogP contribution in [0.4, 0.5) is 5.82 Å². The van der Waals surface area contributed by atoms with Gasteiger partial charge in [-0.3, -0.25) is 9.78 Å². The molecule has 2 aromatic rings. The molecule has 2 aliphatic heterocycles. The molecule has 0 unspecified atom stereocenters. The normalized spacial score (nSPS) is 19.5. The summed E-state index contributed by atoms with van der Waals surface area (Å²) in [5.41, 5.74) is 1.86. The number of amides is 1. The van der Waals surface area contributed by atoms with Crippen molar-refractivity contribution < 1.29 is 4.79 Å². The highest BCUT2D eigenvalue weighted by Crippen LogP contribution is 2.25. The average Bonchev–Trinajstić information content (AvgIpc) is 3.15. The zero-order valence-corrected chi connectivity index (χ0v) is 13.3. The Labute approximate surface area is 136 Å². The molecule has 2 aliphatic rings. The average molecular weight is 310 g/mol. The molecule has 5 heteroatoms. The number of carbonyl (C=O) groups excluding carboxylic acids is 1. The number of benzene rings is 1. The minimum atomic E-state index is 0.192. The number of para-hydroxylation sites is 2. The molecule has 0 saturated carbocycles. The van der Waals surface area contributed by atoms with Gasteiger partial charge in [-0.1, -0.05) is 12.1 Å². The number of aromatic nitrogens is 2. The fraction of sp³-hybridized carbons (Fsp3) is 0.500. The van der Waals surface area contributed by atoms with Crippen molar-refractivity contribution in [3.05, 3.63) is 30.5 Å². The molecule has 2 saturated heterocycles. The number of likely N-dealkylation sites (tertiary alicyclic amines) is 1. The fourth-order valence-electron chi connectivity index (χ4n) is 3.65. The lowest BCUT2D eigenvalue weighted by molar-refractivity contribution is -0.135. The number of fused-ring (bicyclic) bond motifs is 1. The van der Waals surface area contributed by atoms with Crippen LogP contribution in [0.25, 0.3) is 11.0 Å². The van der Waals surface area contributed by atoms with E-state index in [1.54, 1.807) is 0 Å². The van der Waals surface area contributed by atoms with Crippen LogP contribution in [0, 0.1) is 5.92 Å². The van der Waals surface area contributed by atoms with E-state index in [1.807, 2.05) is 30.5 Å². The van der Waals surface area contributed by atoms with Gasteiger partial charge >= 0.3 is 0 Å². The summed E-state index contributed by atoms with van der Waals surface area (Å²) in [6, 6.07) is 7.94. The van der Waals surface area contributed by atoms with Gasteiger partial charge in [0.25, 0.3) is 0 Å². The molecule has 1 aromatic heterocycles. The number of anilines is 1. The van der Waals surface area contributed by atoms with Crippen molar-refractivity contribution in [2.45, 2.75) is 25.7 Å². The second kappa shape index (κ2) is 6.14. The van der Waals surface area contributed by atoms with Crippen LogP contribution in [0.1, 0.15) is 25.7 Å². The number of nitrogens with zero attached hydrogens (tertiary/aromatic N) is 4. The SMILES string of the molecule is O=C(C1CCN(c2cnc3ccccc3n2)CC1)N1CCCC1. The van der Waals surface area contributed by atoms with E-state index < -0.39 is 0 Å². The third-order valence-electron chi connectivity index (χ3n) is 5.02. The molecule has 0 spiro atoms. The van der Waals surface area contributed by atoms with Crippen LogP contribution in [-0.2, 0) is 4.79 Å². The topological polar surface area (TPSA) is 49.3 Å². The van der Waals surface area contributed by atoms with Gasteiger partial charge in [0.1, 0.15) is 5.82 Å². The summed E-state index contributed by atoms with van der Waals surface area (Å²) in [5.74, 6) is 1.49. The van der Waals surface area contributed by atoms with Gasteiger partial charge in [0.05, 0.1) is 17.2 Å². The van der Waals surface area contributed by atoms with Crippen LogP contribution in [0.3, 0.4) is 0 Å². The zero-order valence-electron chi connectivity index (χ0n) is 13.3. The van der Waals surface area contributed by atoms with Crippen LogP contribution in [0.2, 0.25) is 0 Å². The van der Waals surface area contributed by atoms with Gasteiger partial charge in [-0.05, 0) is 37.8 Å². The number of hydrogen-bond donors (Lipinski definition) is 0. The van der Waals surface area contributed by atoms with E-state index in [0.717, 1.165) is 68.7 Å². The molecular formula is C18H22N4O. The smallest absolute Gasteiger partial charge is 0.225 e. The molecule has 0 radical (unpaired) electrons. The first-order valence-corrected chi connectivity index (χ1v) is 8.57. The molecule has 23 heavy (non-hydrogen) atoms. The maximum absolute atomic E-state index is 12.5. The standard InChI is InChI=1S/C18H22N4O/c23-18(22-9-3-4-10-22)14-7-11-21(12-8-14)17-13-19-15-5-1-2-6-16(15)20-17/h1-2,5-6,13-14H,3-4,7-12H2. The number of rotatable bonds is 2. The quantitative estimate of drug-likeness (QED) is 0.855. The van der Waals surface area contributed by atoms with E-state index in [0.29, 0.717) is 5.91 Å². The molecule has 3 heterocycles.